The minimum Gasteiger partial charge on any atom is -0.348 e. The highest BCUT2D eigenvalue weighted by molar-refractivity contribution is 6.42. The summed E-state index contributed by atoms with van der Waals surface area (Å²) in [5, 5.41) is 5.58. The highest BCUT2D eigenvalue weighted by atomic mass is 35.5. The molecule has 0 saturated carbocycles. The van der Waals surface area contributed by atoms with Crippen molar-refractivity contribution in [1.29, 1.82) is 0 Å². The zero-order valence-electron chi connectivity index (χ0n) is 15.0. The van der Waals surface area contributed by atoms with Gasteiger partial charge in [-0.05, 0) is 42.0 Å². The molecule has 0 fully saturated rings. The summed E-state index contributed by atoms with van der Waals surface area (Å²) in [5.41, 5.74) is -0.885. The largest absolute Gasteiger partial charge is 0.417 e. The molecule has 0 atom stereocenters. The summed E-state index contributed by atoms with van der Waals surface area (Å²) in [6.45, 7) is -0.0698. The maximum Gasteiger partial charge on any atom is 0.417 e. The summed E-state index contributed by atoms with van der Waals surface area (Å²) >= 11 is 11.7. The fourth-order valence-electron chi connectivity index (χ4n) is 2.54. The lowest BCUT2D eigenvalue weighted by Gasteiger charge is -2.15. The number of nitrogens with one attached hydrogen (secondary N) is 2. The van der Waals surface area contributed by atoms with Crippen LogP contribution in [0.2, 0.25) is 10.0 Å². The summed E-state index contributed by atoms with van der Waals surface area (Å²) in [4.78, 5) is 16.2. The van der Waals surface area contributed by atoms with E-state index in [9.17, 15) is 22.4 Å². The van der Waals surface area contributed by atoms with Crippen molar-refractivity contribution in [2.45, 2.75) is 12.7 Å². The van der Waals surface area contributed by atoms with E-state index in [1.165, 1.54) is 42.5 Å². The third kappa shape index (κ3) is 5.40. The number of amides is 1. The Hall–Kier alpha value is -2.84. The summed E-state index contributed by atoms with van der Waals surface area (Å²) in [5.74, 6) is -1.55. The lowest BCUT2D eigenvalue weighted by molar-refractivity contribution is -0.137. The maximum absolute atomic E-state index is 13.5. The molecule has 3 aromatic rings. The molecule has 0 saturated heterocycles. The van der Waals surface area contributed by atoms with Gasteiger partial charge < -0.3 is 10.6 Å². The Morgan fingerprint density at radius 1 is 1.00 bits per heavy atom. The molecule has 0 aliphatic carbocycles. The molecule has 2 aromatic carbocycles. The number of alkyl halides is 3. The van der Waals surface area contributed by atoms with Gasteiger partial charge in [-0.25, -0.2) is 9.37 Å². The van der Waals surface area contributed by atoms with Crippen molar-refractivity contribution in [2.75, 3.05) is 5.32 Å². The van der Waals surface area contributed by atoms with Crippen molar-refractivity contribution in [2.24, 2.45) is 0 Å². The molecule has 2 N–H and O–H groups in total. The van der Waals surface area contributed by atoms with Crippen LogP contribution in [0.15, 0.2) is 54.7 Å². The average molecular weight is 458 g/mol. The van der Waals surface area contributed by atoms with Crippen molar-refractivity contribution in [3.05, 3.63) is 87.3 Å². The average Bonchev–Trinajstić information content (AvgIpc) is 2.69. The van der Waals surface area contributed by atoms with Crippen LogP contribution in [0.1, 0.15) is 21.5 Å². The zero-order valence-corrected chi connectivity index (χ0v) is 16.5. The minimum absolute atomic E-state index is 0.0698. The lowest BCUT2D eigenvalue weighted by Crippen LogP contribution is -2.26. The molecule has 0 radical (unpaired) electrons. The molecule has 0 bridgehead atoms. The SMILES string of the molecule is O=C(NCc1ccc(F)cc1)c1cnc(Nc2ccc(Cl)c(Cl)c2)cc1C(F)(F)F. The van der Waals surface area contributed by atoms with E-state index in [0.717, 1.165) is 12.3 Å². The molecular formula is C20H13Cl2F4N3O. The Labute approximate surface area is 178 Å². The molecule has 1 heterocycles. The number of hydrogen-bond donors (Lipinski definition) is 2. The first-order valence-corrected chi connectivity index (χ1v) is 9.21. The van der Waals surface area contributed by atoms with Crippen LogP contribution in [0.25, 0.3) is 0 Å². The van der Waals surface area contributed by atoms with Gasteiger partial charge in [0.25, 0.3) is 5.91 Å². The Morgan fingerprint density at radius 2 is 1.70 bits per heavy atom. The molecule has 0 aliphatic heterocycles. The Bertz CT molecular complexity index is 1070. The molecule has 30 heavy (non-hydrogen) atoms. The first-order chi connectivity index (χ1) is 14.1. The predicted molar refractivity (Wildman–Crippen MR) is 107 cm³/mol. The number of rotatable bonds is 5. The van der Waals surface area contributed by atoms with Crippen LogP contribution in [0.3, 0.4) is 0 Å². The van der Waals surface area contributed by atoms with Gasteiger partial charge in [0.15, 0.2) is 0 Å². The summed E-state index contributed by atoms with van der Waals surface area (Å²) < 4.78 is 53.5. The van der Waals surface area contributed by atoms with E-state index < -0.39 is 29.0 Å². The summed E-state index contributed by atoms with van der Waals surface area (Å²) in [6, 6.07) is 10.4. The van der Waals surface area contributed by atoms with Crippen molar-refractivity contribution >= 4 is 40.6 Å². The second kappa shape index (κ2) is 8.89. The topological polar surface area (TPSA) is 54.0 Å². The molecule has 1 aromatic heterocycles. The fourth-order valence-corrected chi connectivity index (χ4v) is 2.84. The standard InChI is InChI=1S/C20H13Cl2F4N3O/c21-16-6-5-13(7-17(16)22)29-18-8-15(20(24,25)26)14(10-27-18)19(30)28-9-11-1-3-12(23)4-2-11/h1-8,10H,9H2,(H,27,29)(H,28,30). The third-order valence-electron chi connectivity index (χ3n) is 4.01. The number of pyridine rings is 1. The summed E-state index contributed by atoms with van der Waals surface area (Å²) in [6.07, 6.45) is -3.96. The van der Waals surface area contributed by atoms with E-state index in [2.05, 4.69) is 15.6 Å². The smallest absolute Gasteiger partial charge is 0.348 e. The second-order valence-corrected chi connectivity index (χ2v) is 6.99. The lowest BCUT2D eigenvalue weighted by atomic mass is 10.1. The molecule has 10 heteroatoms. The van der Waals surface area contributed by atoms with E-state index in [1.807, 2.05) is 0 Å². The molecule has 4 nitrogen and oxygen atoms in total. The van der Waals surface area contributed by atoms with Gasteiger partial charge in [-0.2, -0.15) is 13.2 Å². The number of anilines is 2. The van der Waals surface area contributed by atoms with Gasteiger partial charge in [0.05, 0.1) is 21.2 Å². The fraction of sp³-hybridized carbons (Fsp3) is 0.100. The van der Waals surface area contributed by atoms with Gasteiger partial charge in [0.1, 0.15) is 11.6 Å². The minimum atomic E-state index is -4.79. The molecule has 0 aliphatic rings. The van der Waals surface area contributed by atoms with Crippen LogP contribution in [0.4, 0.5) is 29.1 Å². The number of halogens is 6. The quantitative estimate of drug-likeness (QED) is 0.447. The van der Waals surface area contributed by atoms with E-state index in [1.54, 1.807) is 0 Å². The molecule has 3 rings (SSSR count). The van der Waals surface area contributed by atoms with Crippen molar-refractivity contribution in [3.8, 4) is 0 Å². The third-order valence-corrected chi connectivity index (χ3v) is 4.75. The normalized spacial score (nSPS) is 11.3. The second-order valence-electron chi connectivity index (χ2n) is 6.18. The molecule has 0 spiro atoms. The molecular weight excluding hydrogens is 445 g/mol. The molecule has 156 valence electrons. The number of nitrogens with zero attached hydrogens (tertiary/aromatic N) is 1. The number of carbonyl (C=O) groups is 1. The van der Waals surface area contributed by atoms with Crippen LogP contribution in [0.5, 0.6) is 0 Å². The zero-order chi connectivity index (χ0) is 21.9. The van der Waals surface area contributed by atoms with Gasteiger partial charge in [0.2, 0.25) is 0 Å². The van der Waals surface area contributed by atoms with Gasteiger partial charge in [0, 0.05) is 18.4 Å². The number of carbonyl (C=O) groups excluding carboxylic acids is 1. The number of benzene rings is 2. The monoisotopic (exact) mass is 457 g/mol. The van der Waals surface area contributed by atoms with Gasteiger partial charge in [-0.3, -0.25) is 4.79 Å². The van der Waals surface area contributed by atoms with E-state index in [4.69, 9.17) is 23.2 Å². The number of aromatic nitrogens is 1. The van der Waals surface area contributed by atoms with E-state index in [0.29, 0.717) is 16.3 Å². The highest BCUT2D eigenvalue weighted by Crippen LogP contribution is 2.34. The predicted octanol–water partition coefficient (Wildman–Crippen LogP) is 6.22. The molecule has 1 amide bonds. The Morgan fingerprint density at radius 3 is 2.33 bits per heavy atom. The first kappa shape index (κ1) is 21.9. The van der Waals surface area contributed by atoms with Crippen molar-refractivity contribution in [3.63, 3.8) is 0 Å². The Balaban J connectivity index is 1.82. The van der Waals surface area contributed by atoms with Gasteiger partial charge in [-0.15, -0.1) is 0 Å². The van der Waals surface area contributed by atoms with E-state index >= 15 is 0 Å². The van der Waals surface area contributed by atoms with Crippen molar-refractivity contribution < 1.29 is 22.4 Å². The maximum atomic E-state index is 13.5. The Kier molecular flexibility index (Phi) is 6.48. The van der Waals surface area contributed by atoms with E-state index in [-0.39, 0.29) is 17.4 Å². The van der Waals surface area contributed by atoms with Gasteiger partial charge in [-0.1, -0.05) is 35.3 Å². The van der Waals surface area contributed by atoms with Crippen molar-refractivity contribution in [1.82, 2.24) is 10.3 Å². The van der Waals surface area contributed by atoms with Gasteiger partial charge >= 0.3 is 6.18 Å². The molecule has 0 unspecified atom stereocenters. The first-order valence-electron chi connectivity index (χ1n) is 8.45. The van der Waals surface area contributed by atoms with Crippen LogP contribution < -0.4 is 10.6 Å². The van der Waals surface area contributed by atoms with Crippen LogP contribution in [-0.2, 0) is 12.7 Å². The number of hydrogen-bond acceptors (Lipinski definition) is 3. The highest BCUT2D eigenvalue weighted by Gasteiger charge is 2.36. The summed E-state index contributed by atoms with van der Waals surface area (Å²) in [7, 11) is 0. The van der Waals surface area contributed by atoms with Crippen LogP contribution >= 0.6 is 23.2 Å². The van der Waals surface area contributed by atoms with Crippen LogP contribution in [-0.4, -0.2) is 10.9 Å². The van der Waals surface area contributed by atoms with Crippen LogP contribution in [0, 0.1) is 5.82 Å².